The molecule has 29 heavy (non-hydrogen) atoms. The van der Waals surface area contributed by atoms with Crippen molar-refractivity contribution in [1.82, 2.24) is 9.38 Å². The highest BCUT2D eigenvalue weighted by atomic mass is 32.2. The van der Waals surface area contributed by atoms with Crippen LogP contribution in [0.5, 0.6) is 5.75 Å². The smallest absolute Gasteiger partial charge is 0.279 e. The van der Waals surface area contributed by atoms with Crippen molar-refractivity contribution in [3.8, 4) is 11.8 Å². The van der Waals surface area contributed by atoms with E-state index in [0.29, 0.717) is 18.9 Å². The molecular weight excluding hydrogens is 399 g/mol. The highest BCUT2D eigenvalue weighted by molar-refractivity contribution is 7.92. The molecule has 0 bridgehead atoms. The molecule has 1 aliphatic heterocycles. The zero-order valence-corrected chi connectivity index (χ0v) is 16.2. The molecule has 4 rings (SSSR count). The first kappa shape index (κ1) is 19.2. The molecule has 0 radical (unpaired) electrons. The van der Waals surface area contributed by atoms with Crippen LogP contribution < -0.4 is 9.46 Å². The Labute approximate surface area is 166 Å². The molecule has 3 heterocycles. The Morgan fingerprint density at radius 3 is 2.86 bits per heavy atom. The van der Waals surface area contributed by atoms with Crippen LogP contribution in [0.2, 0.25) is 0 Å². The maximum Gasteiger partial charge on any atom is 0.279 e. The van der Waals surface area contributed by atoms with Gasteiger partial charge < -0.3 is 9.47 Å². The average Bonchev–Trinajstić information content (AvgIpc) is 3.06. The number of sulfonamides is 1. The fourth-order valence-electron chi connectivity index (χ4n) is 3.12. The fraction of sp³-hybridized carbons (Fsp3) is 0.263. The van der Waals surface area contributed by atoms with Gasteiger partial charge in [-0.05, 0) is 23.8 Å². The molecule has 0 atom stereocenters. The van der Waals surface area contributed by atoms with Crippen LogP contribution >= 0.6 is 0 Å². The van der Waals surface area contributed by atoms with Gasteiger partial charge in [-0.25, -0.2) is 9.37 Å². The molecular formula is C19H17FN4O4S. The zero-order valence-electron chi connectivity index (χ0n) is 15.4. The number of ether oxygens (including phenoxy) is 2. The monoisotopic (exact) mass is 416 g/mol. The third kappa shape index (κ3) is 3.50. The van der Waals surface area contributed by atoms with E-state index in [1.165, 1.54) is 23.8 Å². The van der Waals surface area contributed by atoms with Crippen molar-refractivity contribution in [1.29, 1.82) is 5.26 Å². The number of fused-ring (bicyclic) bond motifs is 1. The van der Waals surface area contributed by atoms with E-state index >= 15 is 0 Å². The van der Waals surface area contributed by atoms with Crippen molar-refractivity contribution in [2.75, 3.05) is 25.0 Å². The SMILES string of the molecule is COc1cc(CC#N)c(F)cc1NS(=O)(=O)c1cnc2cc(C3COC3)ccn12. The molecule has 0 spiro atoms. The summed E-state index contributed by atoms with van der Waals surface area (Å²) in [5, 5.41) is 8.69. The summed E-state index contributed by atoms with van der Waals surface area (Å²) in [5.41, 5.74) is 1.57. The summed E-state index contributed by atoms with van der Waals surface area (Å²) in [6.45, 7) is 1.27. The second-order valence-corrected chi connectivity index (χ2v) is 8.23. The largest absolute Gasteiger partial charge is 0.495 e. The Kier molecular flexibility index (Phi) is 4.86. The maximum absolute atomic E-state index is 14.2. The maximum atomic E-state index is 14.2. The van der Waals surface area contributed by atoms with Crippen LogP contribution in [0.25, 0.3) is 5.65 Å². The van der Waals surface area contributed by atoms with E-state index in [-0.39, 0.29) is 34.4 Å². The summed E-state index contributed by atoms with van der Waals surface area (Å²) in [6.07, 6.45) is 2.72. The normalized spacial score (nSPS) is 14.4. The Morgan fingerprint density at radius 2 is 2.21 bits per heavy atom. The van der Waals surface area contributed by atoms with Gasteiger partial charge in [0.15, 0.2) is 5.03 Å². The lowest BCUT2D eigenvalue weighted by molar-refractivity contribution is 0.00843. The number of nitrogens with one attached hydrogen (secondary N) is 1. The lowest BCUT2D eigenvalue weighted by Gasteiger charge is -2.26. The van der Waals surface area contributed by atoms with Gasteiger partial charge in [0.05, 0.1) is 44.7 Å². The first-order chi connectivity index (χ1) is 13.9. The van der Waals surface area contributed by atoms with Crippen molar-refractivity contribution < 1.29 is 22.3 Å². The Balaban J connectivity index is 1.69. The summed E-state index contributed by atoms with van der Waals surface area (Å²) in [4.78, 5) is 4.19. The number of pyridine rings is 1. The molecule has 0 amide bonds. The first-order valence-electron chi connectivity index (χ1n) is 8.74. The van der Waals surface area contributed by atoms with E-state index in [1.54, 1.807) is 6.20 Å². The molecule has 1 fully saturated rings. The number of benzene rings is 1. The van der Waals surface area contributed by atoms with E-state index < -0.39 is 15.8 Å². The van der Waals surface area contributed by atoms with Gasteiger partial charge in [0.2, 0.25) is 0 Å². The number of hydrogen-bond acceptors (Lipinski definition) is 6. The second kappa shape index (κ2) is 7.35. The molecule has 2 aromatic heterocycles. The molecule has 8 nitrogen and oxygen atoms in total. The standard InChI is InChI=1S/C19H17FN4O4S/c1-27-17-6-13(2-4-21)15(20)8-16(17)23-29(25,26)19-9-22-18-7-12(3-5-24(18)19)14-10-28-11-14/h3,5-9,14,23H,2,10-11H2,1H3. The minimum atomic E-state index is -4.08. The number of hydrogen-bond donors (Lipinski definition) is 1. The third-order valence-electron chi connectivity index (χ3n) is 4.77. The van der Waals surface area contributed by atoms with Crippen molar-refractivity contribution >= 4 is 21.4 Å². The highest BCUT2D eigenvalue weighted by Crippen LogP contribution is 2.31. The van der Waals surface area contributed by atoms with Gasteiger partial charge >= 0.3 is 0 Å². The summed E-state index contributed by atoms with van der Waals surface area (Å²) in [6, 6.07) is 7.81. The zero-order chi connectivity index (χ0) is 20.6. The van der Waals surface area contributed by atoms with Crippen LogP contribution in [0, 0.1) is 17.1 Å². The number of rotatable bonds is 6. The Morgan fingerprint density at radius 1 is 1.41 bits per heavy atom. The predicted molar refractivity (Wildman–Crippen MR) is 102 cm³/mol. The van der Waals surface area contributed by atoms with Gasteiger partial charge in [-0.2, -0.15) is 13.7 Å². The van der Waals surface area contributed by atoms with Gasteiger partial charge in [-0.1, -0.05) is 0 Å². The summed E-state index contributed by atoms with van der Waals surface area (Å²) in [7, 11) is -2.75. The van der Waals surface area contributed by atoms with Crippen LogP contribution in [0.15, 0.2) is 41.7 Å². The molecule has 1 aromatic carbocycles. The second-order valence-electron chi connectivity index (χ2n) is 6.60. The summed E-state index contributed by atoms with van der Waals surface area (Å²) in [5.74, 6) is -0.300. The van der Waals surface area contributed by atoms with Gasteiger partial charge in [0.1, 0.15) is 17.2 Å². The minimum Gasteiger partial charge on any atom is -0.495 e. The van der Waals surface area contributed by atoms with Gasteiger partial charge in [0, 0.05) is 23.7 Å². The number of aromatic nitrogens is 2. The van der Waals surface area contributed by atoms with E-state index in [9.17, 15) is 12.8 Å². The van der Waals surface area contributed by atoms with Crippen LogP contribution in [0.3, 0.4) is 0 Å². The summed E-state index contributed by atoms with van der Waals surface area (Å²) < 4.78 is 54.2. The number of imidazole rings is 1. The van der Waals surface area contributed by atoms with Gasteiger partial charge in [-0.3, -0.25) is 9.12 Å². The lowest BCUT2D eigenvalue weighted by Crippen LogP contribution is -2.25. The molecule has 1 aliphatic rings. The molecule has 1 N–H and O–H groups in total. The van der Waals surface area contributed by atoms with Crippen LogP contribution in [-0.2, 0) is 21.2 Å². The molecule has 1 saturated heterocycles. The average molecular weight is 416 g/mol. The van der Waals surface area contributed by atoms with Gasteiger partial charge in [0.25, 0.3) is 10.0 Å². The number of halogens is 1. The van der Waals surface area contributed by atoms with E-state index in [1.807, 2.05) is 18.2 Å². The Hall–Kier alpha value is -3.16. The van der Waals surface area contributed by atoms with Gasteiger partial charge in [-0.15, -0.1) is 0 Å². The minimum absolute atomic E-state index is 0.0649. The third-order valence-corrected chi connectivity index (χ3v) is 6.11. The van der Waals surface area contributed by atoms with Crippen LogP contribution in [0.1, 0.15) is 17.0 Å². The topological polar surface area (TPSA) is 106 Å². The van der Waals surface area contributed by atoms with Crippen LogP contribution in [0.4, 0.5) is 10.1 Å². The van der Waals surface area contributed by atoms with E-state index in [0.717, 1.165) is 11.6 Å². The molecule has 150 valence electrons. The van der Waals surface area contributed by atoms with Crippen molar-refractivity contribution in [3.05, 3.63) is 53.6 Å². The van der Waals surface area contributed by atoms with Crippen LogP contribution in [-0.4, -0.2) is 38.1 Å². The quantitative estimate of drug-likeness (QED) is 0.662. The molecule has 3 aromatic rings. The number of nitriles is 1. The van der Waals surface area contributed by atoms with E-state index in [2.05, 4.69) is 9.71 Å². The number of anilines is 1. The molecule has 0 saturated carbocycles. The Bertz CT molecular complexity index is 1230. The molecule has 0 unspecified atom stereocenters. The molecule has 10 heteroatoms. The highest BCUT2D eigenvalue weighted by Gasteiger charge is 2.24. The number of methoxy groups -OCH3 is 1. The summed E-state index contributed by atoms with van der Waals surface area (Å²) >= 11 is 0. The van der Waals surface area contributed by atoms with Crippen molar-refractivity contribution in [2.24, 2.45) is 0 Å². The number of nitrogens with zero attached hydrogens (tertiary/aromatic N) is 3. The van der Waals surface area contributed by atoms with E-state index in [4.69, 9.17) is 14.7 Å². The van der Waals surface area contributed by atoms with Crippen molar-refractivity contribution in [2.45, 2.75) is 17.4 Å². The van der Waals surface area contributed by atoms with Crippen molar-refractivity contribution in [3.63, 3.8) is 0 Å². The lowest BCUT2D eigenvalue weighted by atomic mass is 9.99. The first-order valence-corrected chi connectivity index (χ1v) is 10.2. The fourth-order valence-corrected chi connectivity index (χ4v) is 4.27. The molecule has 0 aliphatic carbocycles. The predicted octanol–water partition coefficient (Wildman–Crippen LogP) is 2.46.